The molecule has 25 heavy (non-hydrogen) atoms. The maximum atomic E-state index is 12.5. The lowest BCUT2D eigenvalue weighted by atomic mass is 10.1. The Morgan fingerprint density at radius 2 is 1.72 bits per heavy atom. The Bertz CT molecular complexity index is 1030. The quantitative estimate of drug-likeness (QED) is 0.714. The fraction of sp³-hybridized carbons (Fsp3) is 0.105. The minimum absolute atomic E-state index is 0.0833. The Balaban J connectivity index is 1.80. The van der Waals surface area contributed by atoms with Crippen molar-refractivity contribution >= 4 is 26.8 Å². The number of nitrogens with one attached hydrogen (secondary N) is 1. The molecule has 0 aliphatic carbocycles. The van der Waals surface area contributed by atoms with Crippen molar-refractivity contribution in [2.24, 2.45) is 0 Å². The van der Waals surface area contributed by atoms with Crippen LogP contribution in [0, 0.1) is 0 Å². The van der Waals surface area contributed by atoms with E-state index in [2.05, 4.69) is 9.46 Å². The summed E-state index contributed by atoms with van der Waals surface area (Å²) in [5.41, 5.74) is 1.05. The summed E-state index contributed by atoms with van der Waals surface area (Å²) in [7, 11) is -2.35. The lowest BCUT2D eigenvalue weighted by Crippen LogP contribution is -2.23. The standard InChI is InChI=1S/C19H17NO4S/c1-24-19(21)17-8-4-5-14(11-17)13-20-25(22,23)18-10-9-15-6-2-3-7-16(15)12-18/h2-12,20H,13H2,1H3. The fourth-order valence-corrected chi connectivity index (χ4v) is 3.58. The molecule has 3 aromatic carbocycles. The first-order chi connectivity index (χ1) is 12.0. The molecule has 0 radical (unpaired) electrons. The molecule has 0 saturated heterocycles. The second-order valence-electron chi connectivity index (χ2n) is 5.53. The first-order valence-corrected chi connectivity index (χ1v) is 9.14. The van der Waals surface area contributed by atoms with Gasteiger partial charge in [-0.2, -0.15) is 0 Å². The van der Waals surface area contributed by atoms with Crippen molar-refractivity contribution in [3.8, 4) is 0 Å². The predicted molar refractivity (Wildman–Crippen MR) is 95.8 cm³/mol. The number of carbonyl (C=O) groups excluding carboxylic acids is 1. The molecule has 0 unspecified atom stereocenters. The summed E-state index contributed by atoms with van der Waals surface area (Å²) in [6, 6.07) is 19.2. The summed E-state index contributed by atoms with van der Waals surface area (Å²) >= 11 is 0. The number of rotatable bonds is 5. The number of ether oxygens (including phenoxy) is 1. The number of benzene rings is 3. The van der Waals surface area contributed by atoms with Crippen molar-refractivity contribution in [3.05, 3.63) is 77.9 Å². The van der Waals surface area contributed by atoms with Gasteiger partial charge in [0.2, 0.25) is 10.0 Å². The van der Waals surface area contributed by atoms with Crippen LogP contribution in [0.3, 0.4) is 0 Å². The van der Waals surface area contributed by atoms with Crippen LogP contribution in [0.5, 0.6) is 0 Å². The van der Waals surface area contributed by atoms with Crippen LogP contribution in [-0.2, 0) is 21.3 Å². The predicted octanol–water partition coefficient (Wildman–Crippen LogP) is 3.10. The zero-order chi connectivity index (χ0) is 17.9. The summed E-state index contributed by atoms with van der Waals surface area (Å²) in [6.45, 7) is 0.0833. The number of carbonyl (C=O) groups is 1. The Morgan fingerprint density at radius 1 is 0.960 bits per heavy atom. The van der Waals surface area contributed by atoms with Crippen LogP contribution in [0.2, 0.25) is 0 Å². The fourth-order valence-electron chi connectivity index (χ4n) is 2.52. The van der Waals surface area contributed by atoms with E-state index in [9.17, 15) is 13.2 Å². The lowest BCUT2D eigenvalue weighted by molar-refractivity contribution is 0.0600. The third-order valence-corrected chi connectivity index (χ3v) is 5.24. The van der Waals surface area contributed by atoms with E-state index >= 15 is 0 Å². The van der Waals surface area contributed by atoms with Crippen molar-refractivity contribution in [1.29, 1.82) is 0 Å². The van der Waals surface area contributed by atoms with Crippen LogP contribution < -0.4 is 4.72 Å². The molecular formula is C19H17NO4S. The molecule has 0 aliphatic heterocycles. The molecule has 0 fully saturated rings. The van der Waals surface area contributed by atoms with E-state index in [0.29, 0.717) is 11.1 Å². The van der Waals surface area contributed by atoms with Gasteiger partial charge in [-0.3, -0.25) is 0 Å². The average Bonchev–Trinajstić information content (AvgIpc) is 2.65. The zero-order valence-electron chi connectivity index (χ0n) is 13.6. The Morgan fingerprint density at radius 3 is 2.48 bits per heavy atom. The molecule has 0 heterocycles. The van der Waals surface area contributed by atoms with Crippen molar-refractivity contribution < 1.29 is 17.9 Å². The number of hydrogen-bond donors (Lipinski definition) is 1. The molecule has 0 saturated carbocycles. The number of sulfonamides is 1. The molecule has 0 aromatic heterocycles. The molecule has 0 spiro atoms. The van der Waals surface area contributed by atoms with Crippen molar-refractivity contribution in [2.75, 3.05) is 7.11 Å². The smallest absolute Gasteiger partial charge is 0.337 e. The third kappa shape index (κ3) is 3.87. The van der Waals surface area contributed by atoms with Gasteiger partial charge in [-0.15, -0.1) is 0 Å². The second kappa shape index (κ2) is 7.04. The van der Waals surface area contributed by atoms with Crippen molar-refractivity contribution in [1.82, 2.24) is 4.72 Å². The molecule has 3 aromatic rings. The topological polar surface area (TPSA) is 72.5 Å². The summed E-state index contributed by atoms with van der Waals surface area (Å²) in [4.78, 5) is 11.8. The van der Waals surface area contributed by atoms with Crippen molar-refractivity contribution in [3.63, 3.8) is 0 Å². The van der Waals surface area contributed by atoms with Crippen LogP contribution in [0.1, 0.15) is 15.9 Å². The summed E-state index contributed by atoms with van der Waals surface area (Å²) < 4.78 is 32.3. The number of esters is 1. The minimum Gasteiger partial charge on any atom is -0.465 e. The number of methoxy groups -OCH3 is 1. The van der Waals surface area contributed by atoms with Gasteiger partial charge in [0.05, 0.1) is 17.6 Å². The van der Waals surface area contributed by atoms with Gasteiger partial charge in [0.25, 0.3) is 0 Å². The lowest BCUT2D eigenvalue weighted by Gasteiger charge is -2.09. The average molecular weight is 355 g/mol. The van der Waals surface area contributed by atoms with E-state index in [4.69, 9.17) is 0 Å². The van der Waals surface area contributed by atoms with Gasteiger partial charge in [-0.05, 0) is 40.6 Å². The monoisotopic (exact) mass is 355 g/mol. The summed E-state index contributed by atoms with van der Waals surface area (Å²) in [5, 5.41) is 1.84. The first-order valence-electron chi connectivity index (χ1n) is 7.65. The van der Waals surface area contributed by atoms with E-state index in [1.54, 1.807) is 42.5 Å². The second-order valence-corrected chi connectivity index (χ2v) is 7.29. The molecule has 128 valence electrons. The number of fused-ring (bicyclic) bond motifs is 1. The number of hydrogen-bond acceptors (Lipinski definition) is 4. The highest BCUT2D eigenvalue weighted by molar-refractivity contribution is 7.89. The highest BCUT2D eigenvalue weighted by Gasteiger charge is 2.14. The van der Waals surface area contributed by atoms with Gasteiger partial charge in [0.15, 0.2) is 0 Å². The van der Waals surface area contributed by atoms with Crippen LogP contribution in [0.4, 0.5) is 0 Å². The van der Waals surface area contributed by atoms with Gasteiger partial charge in [0, 0.05) is 6.54 Å². The molecule has 0 atom stereocenters. The highest BCUT2D eigenvalue weighted by Crippen LogP contribution is 2.19. The molecular weight excluding hydrogens is 338 g/mol. The van der Waals surface area contributed by atoms with E-state index in [-0.39, 0.29) is 11.4 Å². The molecule has 0 amide bonds. The molecule has 1 N–H and O–H groups in total. The van der Waals surface area contributed by atoms with Crippen LogP contribution in [0.25, 0.3) is 10.8 Å². The van der Waals surface area contributed by atoms with E-state index < -0.39 is 16.0 Å². The maximum absolute atomic E-state index is 12.5. The highest BCUT2D eigenvalue weighted by atomic mass is 32.2. The van der Waals surface area contributed by atoms with Crippen molar-refractivity contribution in [2.45, 2.75) is 11.4 Å². The van der Waals surface area contributed by atoms with Gasteiger partial charge in [-0.25, -0.2) is 17.9 Å². The zero-order valence-corrected chi connectivity index (χ0v) is 14.4. The molecule has 3 rings (SSSR count). The third-order valence-electron chi connectivity index (χ3n) is 3.85. The minimum atomic E-state index is -3.65. The summed E-state index contributed by atoms with van der Waals surface area (Å²) in [5.74, 6) is -0.459. The molecule has 0 bridgehead atoms. The van der Waals surface area contributed by atoms with E-state index in [0.717, 1.165) is 10.8 Å². The van der Waals surface area contributed by atoms with Gasteiger partial charge in [0.1, 0.15) is 0 Å². The van der Waals surface area contributed by atoms with Gasteiger partial charge in [-0.1, -0.05) is 42.5 Å². The Labute approximate surface area is 146 Å². The molecule has 6 heteroatoms. The SMILES string of the molecule is COC(=O)c1cccc(CNS(=O)(=O)c2ccc3ccccc3c2)c1. The normalized spacial score (nSPS) is 11.4. The van der Waals surface area contributed by atoms with Crippen LogP contribution >= 0.6 is 0 Å². The van der Waals surface area contributed by atoms with E-state index in [1.807, 2.05) is 24.3 Å². The molecule has 0 aliphatic rings. The van der Waals surface area contributed by atoms with Crippen LogP contribution in [0.15, 0.2) is 71.6 Å². The Kier molecular flexibility index (Phi) is 4.83. The molecule has 5 nitrogen and oxygen atoms in total. The van der Waals surface area contributed by atoms with Gasteiger partial charge >= 0.3 is 5.97 Å². The maximum Gasteiger partial charge on any atom is 0.337 e. The van der Waals surface area contributed by atoms with E-state index in [1.165, 1.54) is 7.11 Å². The van der Waals surface area contributed by atoms with Crippen LogP contribution in [-0.4, -0.2) is 21.5 Å². The van der Waals surface area contributed by atoms with Gasteiger partial charge < -0.3 is 4.74 Å². The summed E-state index contributed by atoms with van der Waals surface area (Å²) in [6.07, 6.45) is 0. The first kappa shape index (κ1) is 17.1. The largest absolute Gasteiger partial charge is 0.465 e. The Hall–Kier alpha value is -2.70.